The smallest absolute Gasteiger partial charge is 0.381 e. The third-order valence-electron chi connectivity index (χ3n) is 7.36. The summed E-state index contributed by atoms with van der Waals surface area (Å²) in [5, 5.41) is 4.83. The van der Waals surface area contributed by atoms with Gasteiger partial charge in [-0.25, -0.2) is 4.98 Å². The average Bonchev–Trinajstić information content (AvgIpc) is 3.62. The summed E-state index contributed by atoms with van der Waals surface area (Å²) >= 11 is 0. The van der Waals surface area contributed by atoms with Crippen LogP contribution in [0.25, 0.3) is 5.32 Å². The number of hydrogen-bond donors (Lipinski definition) is 0. The van der Waals surface area contributed by atoms with Crippen LogP contribution in [0.4, 0.5) is 11.6 Å². The van der Waals surface area contributed by atoms with Crippen LogP contribution in [0.3, 0.4) is 0 Å². The summed E-state index contributed by atoms with van der Waals surface area (Å²) < 4.78 is 4.94. The van der Waals surface area contributed by atoms with Gasteiger partial charge in [0.1, 0.15) is 17.2 Å². The van der Waals surface area contributed by atoms with Gasteiger partial charge in [-0.15, -0.1) is 0 Å². The van der Waals surface area contributed by atoms with Crippen LogP contribution in [0.15, 0.2) is 58.5 Å². The Morgan fingerprint density at radius 2 is 1.08 bits per heavy atom. The van der Waals surface area contributed by atoms with Crippen molar-refractivity contribution in [1.29, 1.82) is 0 Å². The molecule has 1 fully saturated rings. The van der Waals surface area contributed by atoms with Crippen molar-refractivity contribution in [2.24, 2.45) is 9.98 Å². The van der Waals surface area contributed by atoms with Gasteiger partial charge < -0.3 is 15.0 Å². The number of H-pyrrole nitrogens is 2. The van der Waals surface area contributed by atoms with Gasteiger partial charge in [0.15, 0.2) is 0 Å². The molecule has 4 aliphatic rings. The van der Waals surface area contributed by atoms with Crippen molar-refractivity contribution in [1.82, 2.24) is 0 Å². The number of hydrogen-bond acceptors (Lipinski definition) is 3. The molecule has 6 nitrogen and oxygen atoms in total. The molecule has 2 aromatic heterocycles. The van der Waals surface area contributed by atoms with Crippen LogP contribution in [0, 0.1) is 0 Å². The fourth-order valence-corrected chi connectivity index (χ4v) is 5.40. The largest absolute Gasteiger partial charge is 1.00 e. The molecule has 0 bridgehead atoms. The average molecular weight is 488 g/mol. The second-order valence-corrected chi connectivity index (χ2v) is 9.96. The first-order valence-corrected chi connectivity index (χ1v) is 13.5. The number of aromatic nitrogens is 2. The van der Waals surface area contributed by atoms with E-state index < -0.39 is 0 Å². The maximum absolute atomic E-state index is 4.94. The monoisotopic (exact) mass is 487 g/mol. The molecule has 2 aliphatic carbocycles. The number of aliphatic imine (C=N–C) groups is 2. The molecule has 0 saturated carbocycles. The number of rotatable bonds is 2. The van der Waals surface area contributed by atoms with Crippen molar-refractivity contribution in [3.05, 3.63) is 87.5 Å². The fraction of sp³-hybridized carbons (Fsp3) is 0.400. The van der Waals surface area contributed by atoms with Gasteiger partial charge in [0.05, 0.1) is 0 Å². The number of nitrogens with zero attached hydrogens (tertiary/aromatic N) is 3. The van der Waals surface area contributed by atoms with Crippen molar-refractivity contribution in [2.45, 2.75) is 64.2 Å². The molecule has 2 N–H and O–H groups in total. The molecule has 0 spiro atoms. The van der Waals surface area contributed by atoms with Crippen LogP contribution < -0.4 is 28.8 Å². The Morgan fingerprint density at radius 3 is 1.54 bits per heavy atom. The van der Waals surface area contributed by atoms with E-state index in [9.17, 15) is 0 Å². The molecule has 3 aromatic rings. The summed E-state index contributed by atoms with van der Waals surface area (Å²) in [5.74, 6) is 3.16. The Hall–Kier alpha value is -2.78. The number of amidine groups is 2. The van der Waals surface area contributed by atoms with Gasteiger partial charge in [-0.2, -0.15) is 0 Å². The van der Waals surface area contributed by atoms with Crippen LogP contribution in [0.1, 0.15) is 72.2 Å². The van der Waals surface area contributed by atoms with Gasteiger partial charge in [-0.05, 0) is 91.2 Å². The number of aromatic amines is 2. The summed E-state index contributed by atoms with van der Waals surface area (Å²) in [6.07, 6.45) is 12.1. The van der Waals surface area contributed by atoms with Gasteiger partial charge >= 0.3 is 24.7 Å². The number of aryl methyl sites for hydroxylation is 4. The van der Waals surface area contributed by atoms with E-state index >= 15 is 0 Å². The Kier molecular flexibility index (Phi) is 8.51. The van der Waals surface area contributed by atoms with Crippen LogP contribution in [0.5, 0.6) is 0 Å². The number of ether oxygens (including phenoxy) is 1. The topological polar surface area (TPSA) is 76.3 Å². The van der Waals surface area contributed by atoms with Gasteiger partial charge in [-0.3, -0.25) is 4.98 Å². The first-order chi connectivity index (χ1) is 17.8. The molecule has 0 atom stereocenters. The molecule has 184 valence electrons. The zero-order valence-corrected chi connectivity index (χ0v) is 21.9. The van der Waals surface area contributed by atoms with E-state index in [1.165, 1.54) is 61.0 Å². The molecular formula is C30H34LiN5O+2. The zero-order chi connectivity index (χ0) is 24.2. The van der Waals surface area contributed by atoms with Gasteiger partial charge in [0, 0.05) is 43.5 Å². The molecule has 0 amide bonds. The molecule has 0 unspecified atom stereocenters. The summed E-state index contributed by atoms with van der Waals surface area (Å²) in [5.41, 5.74) is 7.54. The summed E-state index contributed by atoms with van der Waals surface area (Å²) in [4.78, 5) is 16.8. The fourth-order valence-electron chi connectivity index (χ4n) is 5.40. The van der Waals surface area contributed by atoms with E-state index in [0.29, 0.717) is 0 Å². The van der Waals surface area contributed by atoms with Crippen molar-refractivity contribution >= 4 is 23.3 Å². The molecule has 7 heteroatoms. The number of pyridine rings is 2. The first kappa shape index (κ1) is 25.8. The van der Waals surface area contributed by atoms with Crippen LogP contribution in [0.2, 0.25) is 0 Å². The molecule has 1 saturated heterocycles. The normalized spacial score (nSPS) is 19.7. The Morgan fingerprint density at radius 1 is 0.595 bits per heavy atom. The predicted molar refractivity (Wildman–Crippen MR) is 142 cm³/mol. The molecule has 37 heavy (non-hydrogen) atoms. The number of nitrogens with one attached hydrogen (secondary N) is 2. The number of benzene rings is 1. The van der Waals surface area contributed by atoms with E-state index in [1.807, 2.05) is 12.1 Å². The maximum Gasteiger partial charge on any atom is 1.00 e. The van der Waals surface area contributed by atoms with E-state index in [-0.39, 0.29) is 18.9 Å². The van der Waals surface area contributed by atoms with E-state index in [4.69, 9.17) is 20.0 Å². The minimum atomic E-state index is 0. The third-order valence-corrected chi connectivity index (χ3v) is 7.36. The molecule has 7 rings (SSSR count). The van der Waals surface area contributed by atoms with Crippen molar-refractivity contribution in [3.63, 3.8) is 0 Å². The van der Waals surface area contributed by atoms with E-state index in [0.717, 1.165) is 73.3 Å². The molecule has 1 aromatic carbocycles. The maximum atomic E-state index is 4.94. The minimum absolute atomic E-state index is 0. The van der Waals surface area contributed by atoms with Crippen LogP contribution >= 0.6 is 0 Å². The van der Waals surface area contributed by atoms with Crippen molar-refractivity contribution in [2.75, 3.05) is 13.2 Å². The van der Waals surface area contributed by atoms with Crippen LogP contribution in [-0.2, 0) is 30.4 Å². The molecule has 0 radical (unpaired) electrons. The van der Waals surface area contributed by atoms with Gasteiger partial charge in [-0.1, -0.05) is 24.3 Å². The molecular weight excluding hydrogens is 453 g/mol. The summed E-state index contributed by atoms with van der Waals surface area (Å²) in [7, 11) is 0. The summed E-state index contributed by atoms with van der Waals surface area (Å²) in [6.45, 7) is 2.00. The zero-order valence-electron chi connectivity index (χ0n) is 21.9. The Bertz CT molecular complexity index is 1210. The van der Waals surface area contributed by atoms with Crippen LogP contribution in [-0.4, -0.2) is 24.9 Å². The second-order valence-electron chi connectivity index (χ2n) is 9.96. The quantitative estimate of drug-likeness (QED) is 0.512. The molecule has 2 aliphatic heterocycles. The van der Waals surface area contributed by atoms with Crippen molar-refractivity contribution in [3.8, 4) is 0 Å². The summed E-state index contributed by atoms with van der Waals surface area (Å²) in [6, 6.07) is 16.8. The van der Waals surface area contributed by atoms with E-state index in [2.05, 4.69) is 46.4 Å². The van der Waals surface area contributed by atoms with Gasteiger partial charge in [0.25, 0.3) is 0 Å². The minimum Gasteiger partial charge on any atom is -0.381 e. The Labute approximate surface area is 231 Å². The predicted octanol–water partition coefficient (Wildman–Crippen LogP) is 2.42. The second kappa shape index (κ2) is 12.2. The van der Waals surface area contributed by atoms with E-state index in [1.54, 1.807) is 0 Å². The van der Waals surface area contributed by atoms with Crippen molar-refractivity contribution < 1.29 is 33.6 Å². The standard InChI is InChI=1S/C26H24N5.C4H8O.Li/c1-5-11-21-17(7-1)13-15-23(27-21)29-25-19-9-3-4-10-20(19)26(31-25)30-24-16-14-18-8-2-6-12-22(18)28-24;1-2-4-5-3-1;/h3-4,9-10,13-16H,1-2,5-8,11-12H2;1-4H2;/q-1;;+1/p+2. The first-order valence-electron chi connectivity index (χ1n) is 13.5. The molecule has 4 heterocycles. The Balaban J connectivity index is 0.000000421. The SMILES string of the molecule is C1CCOC1.[Li+].c1ccc2c(c1)C(=Nc1ccc3c([nH+]1)CCCC3)[N-]C2=Nc1ccc2c([nH+]1)CCCC2. The number of fused-ring (bicyclic) bond motifs is 3. The third kappa shape index (κ3) is 6.04. The van der Waals surface area contributed by atoms with Gasteiger partial charge in [0.2, 0.25) is 5.84 Å².